The molecule has 0 aromatic heterocycles. The van der Waals surface area contributed by atoms with E-state index in [0.29, 0.717) is 17.9 Å². The summed E-state index contributed by atoms with van der Waals surface area (Å²) in [6, 6.07) is 16.7. The molecule has 3 aliphatic rings. The molecule has 1 saturated carbocycles. The van der Waals surface area contributed by atoms with Crippen molar-refractivity contribution in [1.82, 2.24) is 0 Å². The van der Waals surface area contributed by atoms with E-state index in [1.54, 1.807) is 5.56 Å². The second-order valence-electron chi connectivity index (χ2n) is 8.46. The minimum absolute atomic E-state index is 0.442. The van der Waals surface area contributed by atoms with E-state index in [4.69, 9.17) is 4.74 Å². The standard InChI is InChI=1S/C24H30N2O/c1-17-6-8-18(9-7-17)24-21-5-3-2-4-20(21)22-16-19(10-11-23(22)25-24)26-12-14-27-15-13-26/h6-11,16,20-21,24-25H,2-5,12-15H2,1H3. The van der Waals surface area contributed by atoms with Gasteiger partial charge in [0.05, 0.1) is 19.3 Å². The van der Waals surface area contributed by atoms with Crippen LogP contribution in [0.25, 0.3) is 0 Å². The summed E-state index contributed by atoms with van der Waals surface area (Å²) in [5.74, 6) is 1.39. The number of ether oxygens (including phenoxy) is 1. The first-order valence-electron chi connectivity index (χ1n) is 10.6. The van der Waals surface area contributed by atoms with E-state index in [1.165, 1.54) is 48.2 Å². The Balaban J connectivity index is 1.50. The maximum atomic E-state index is 5.54. The highest BCUT2D eigenvalue weighted by molar-refractivity contribution is 5.64. The maximum absolute atomic E-state index is 5.54. The van der Waals surface area contributed by atoms with Gasteiger partial charge in [0.1, 0.15) is 0 Å². The largest absolute Gasteiger partial charge is 0.378 e. The van der Waals surface area contributed by atoms with Gasteiger partial charge in [0, 0.05) is 24.5 Å². The van der Waals surface area contributed by atoms with Crippen LogP contribution in [0.5, 0.6) is 0 Å². The Labute approximate surface area is 162 Å². The Hall–Kier alpha value is -2.00. The zero-order chi connectivity index (χ0) is 18.2. The van der Waals surface area contributed by atoms with Crippen LogP contribution < -0.4 is 10.2 Å². The number of nitrogens with one attached hydrogen (secondary N) is 1. The number of aryl methyl sites for hydroxylation is 1. The molecule has 3 unspecified atom stereocenters. The summed E-state index contributed by atoms with van der Waals surface area (Å²) in [5, 5.41) is 3.92. The number of hydrogen-bond acceptors (Lipinski definition) is 3. The lowest BCUT2D eigenvalue weighted by Crippen LogP contribution is -2.37. The lowest BCUT2D eigenvalue weighted by atomic mass is 9.68. The second kappa shape index (κ2) is 7.20. The zero-order valence-electron chi connectivity index (χ0n) is 16.3. The SMILES string of the molecule is Cc1ccc(C2Nc3ccc(N4CCOCC4)cc3C3CCCCC32)cc1. The molecular formula is C24H30N2O. The van der Waals surface area contributed by atoms with E-state index >= 15 is 0 Å². The summed E-state index contributed by atoms with van der Waals surface area (Å²) < 4.78 is 5.54. The molecule has 3 heteroatoms. The lowest BCUT2D eigenvalue weighted by Gasteiger charge is -2.44. The maximum Gasteiger partial charge on any atom is 0.0642 e. The predicted octanol–water partition coefficient (Wildman–Crippen LogP) is 5.27. The molecule has 0 amide bonds. The Morgan fingerprint density at radius 3 is 2.56 bits per heavy atom. The third kappa shape index (κ3) is 3.23. The van der Waals surface area contributed by atoms with Crippen molar-refractivity contribution in [3.8, 4) is 0 Å². The molecule has 0 spiro atoms. The second-order valence-corrected chi connectivity index (χ2v) is 8.46. The highest BCUT2D eigenvalue weighted by atomic mass is 16.5. The van der Waals surface area contributed by atoms with Gasteiger partial charge < -0.3 is 15.0 Å². The topological polar surface area (TPSA) is 24.5 Å². The van der Waals surface area contributed by atoms with Crippen molar-refractivity contribution in [1.29, 1.82) is 0 Å². The number of anilines is 2. The molecule has 1 N–H and O–H groups in total. The van der Waals surface area contributed by atoms with Gasteiger partial charge in [-0.1, -0.05) is 42.7 Å². The van der Waals surface area contributed by atoms with Gasteiger partial charge in [-0.2, -0.15) is 0 Å². The smallest absolute Gasteiger partial charge is 0.0642 e. The normalized spacial score (nSPS) is 27.4. The van der Waals surface area contributed by atoms with Gasteiger partial charge in [-0.3, -0.25) is 0 Å². The van der Waals surface area contributed by atoms with Gasteiger partial charge in [-0.05, 0) is 60.9 Å². The van der Waals surface area contributed by atoms with Crippen molar-refractivity contribution >= 4 is 11.4 Å². The molecule has 5 rings (SSSR count). The van der Waals surface area contributed by atoms with Gasteiger partial charge in [-0.25, -0.2) is 0 Å². The number of fused-ring (bicyclic) bond motifs is 3. The van der Waals surface area contributed by atoms with Crippen molar-refractivity contribution in [3.63, 3.8) is 0 Å². The molecule has 2 aromatic carbocycles. The molecular weight excluding hydrogens is 332 g/mol. The van der Waals surface area contributed by atoms with Crippen molar-refractivity contribution < 1.29 is 4.74 Å². The van der Waals surface area contributed by atoms with Crippen LogP contribution in [0.3, 0.4) is 0 Å². The third-order valence-electron chi connectivity index (χ3n) is 6.81. The Bertz CT molecular complexity index is 795. The summed E-state index contributed by atoms with van der Waals surface area (Å²) >= 11 is 0. The molecule has 2 fully saturated rings. The van der Waals surface area contributed by atoms with Gasteiger partial charge in [-0.15, -0.1) is 0 Å². The minimum Gasteiger partial charge on any atom is -0.378 e. The van der Waals surface area contributed by atoms with Crippen LogP contribution >= 0.6 is 0 Å². The summed E-state index contributed by atoms with van der Waals surface area (Å²) in [7, 11) is 0. The number of hydrogen-bond donors (Lipinski definition) is 1. The fourth-order valence-electron chi connectivity index (χ4n) is 5.33. The third-order valence-corrected chi connectivity index (χ3v) is 6.81. The van der Waals surface area contributed by atoms with Gasteiger partial charge in [0.25, 0.3) is 0 Å². The molecule has 0 bridgehead atoms. The van der Waals surface area contributed by atoms with Crippen LogP contribution in [0, 0.1) is 12.8 Å². The summed E-state index contributed by atoms with van der Waals surface area (Å²) in [4.78, 5) is 2.48. The first-order chi connectivity index (χ1) is 13.3. The Morgan fingerprint density at radius 1 is 0.963 bits per heavy atom. The van der Waals surface area contributed by atoms with Crippen LogP contribution in [0.2, 0.25) is 0 Å². The molecule has 3 nitrogen and oxygen atoms in total. The monoisotopic (exact) mass is 362 g/mol. The van der Waals surface area contributed by atoms with Crippen molar-refractivity contribution in [2.75, 3.05) is 36.5 Å². The van der Waals surface area contributed by atoms with Crippen LogP contribution in [0.15, 0.2) is 42.5 Å². The molecule has 2 aromatic rings. The van der Waals surface area contributed by atoms with Crippen LogP contribution in [0.1, 0.15) is 54.3 Å². The van der Waals surface area contributed by atoms with Crippen LogP contribution in [-0.2, 0) is 4.74 Å². The van der Waals surface area contributed by atoms with E-state index in [9.17, 15) is 0 Å². The van der Waals surface area contributed by atoms with Crippen molar-refractivity contribution in [3.05, 3.63) is 59.2 Å². The molecule has 3 atom stereocenters. The highest BCUT2D eigenvalue weighted by Crippen LogP contribution is 2.51. The van der Waals surface area contributed by atoms with E-state index in [0.717, 1.165) is 26.3 Å². The van der Waals surface area contributed by atoms with Crippen LogP contribution in [0.4, 0.5) is 11.4 Å². The molecule has 0 radical (unpaired) electrons. The van der Waals surface area contributed by atoms with Crippen molar-refractivity contribution in [2.45, 2.75) is 44.6 Å². The number of nitrogens with zero attached hydrogens (tertiary/aromatic N) is 1. The first-order valence-corrected chi connectivity index (χ1v) is 10.6. The van der Waals surface area contributed by atoms with Crippen LogP contribution in [-0.4, -0.2) is 26.3 Å². The van der Waals surface area contributed by atoms with Gasteiger partial charge in [0.2, 0.25) is 0 Å². The fourth-order valence-corrected chi connectivity index (χ4v) is 5.33. The van der Waals surface area contributed by atoms with E-state index in [-0.39, 0.29) is 0 Å². The highest BCUT2D eigenvalue weighted by Gasteiger charge is 2.38. The number of morpholine rings is 1. The van der Waals surface area contributed by atoms with E-state index in [2.05, 4.69) is 59.6 Å². The average molecular weight is 363 g/mol. The Kier molecular flexibility index (Phi) is 4.56. The minimum atomic E-state index is 0.442. The molecule has 142 valence electrons. The summed E-state index contributed by atoms with van der Waals surface area (Å²) in [6.07, 6.45) is 5.39. The number of benzene rings is 2. The summed E-state index contributed by atoms with van der Waals surface area (Å²) in [5.41, 5.74) is 7.05. The first kappa shape index (κ1) is 17.1. The van der Waals surface area contributed by atoms with Gasteiger partial charge in [0.15, 0.2) is 0 Å². The fraction of sp³-hybridized carbons (Fsp3) is 0.500. The van der Waals surface area contributed by atoms with Gasteiger partial charge >= 0.3 is 0 Å². The van der Waals surface area contributed by atoms with Crippen molar-refractivity contribution in [2.24, 2.45) is 5.92 Å². The average Bonchev–Trinajstić information content (AvgIpc) is 2.74. The quantitative estimate of drug-likeness (QED) is 0.787. The number of rotatable bonds is 2. The molecule has 27 heavy (non-hydrogen) atoms. The van der Waals surface area contributed by atoms with E-state index in [1.807, 2.05) is 0 Å². The predicted molar refractivity (Wildman–Crippen MR) is 112 cm³/mol. The molecule has 1 saturated heterocycles. The summed E-state index contributed by atoms with van der Waals surface area (Å²) in [6.45, 7) is 5.87. The zero-order valence-corrected chi connectivity index (χ0v) is 16.3. The molecule has 1 aliphatic carbocycles. The molecule has 2 aliphatic heterocycles. The lowest BCUT2D eigenvalue weighted by molar-refractivity contribution is 0.122. The molecule has 2 heterocycles. The Morgan fingerprint density at radius 2 is 1.74 bits per heavy atom. The van der Waals surface area contributed by atoms with E-state index < -0.39 is 0 Å².